The summed E-state index contributed by atoms with van der Waals surface area (Å²) in [6.45, 7) is 6.27. The molecule has 1 heterocycles. The Morgan fingerprint density at radius 2 is 1.86 bits per heavy atom. The van der Waals surface area contributed by atoms with Crippen LogP contribution >= 0.6 is 0 Å². The molecule has 0 amide bonds. The number of piperidine rings is 1. The molecule has 1 nitrogen and oxygen atoms in total. The molecule has 82 valence electrons. The molecule has 14 heavy (non-hydrogen) atoms. The van der Waals surface area contributed by atoms with Gasteiger partial charge in [-0.1, -0.05) is 0 Å². The molecule has 1 saturated heterocycles. The Labute approximate surface area is 84.5 Å². The number of halogens is 2. The van der Waals surface area contributed by atoms with E-state index < -0.39 is 5.92 Å². The zero-order chi connectivity index (χ0) is 10.4. The normalized spacial score (nSPS) is 30.6. The average molecular weight is 203 g/mol. The van der Waals surface area contributed by atoms with Gasteiger partial charge in [0.25, 0.3) is 0 Å². The fraction of sp³-hybridized carbons (Fsp3) is 1.00. The van der Waals surface area contributed by atoms with Crippen molar-refractivity contribution in [1.29, 1.82) is 0 Å². The van der Waals surface area contributed by atoms with Crippen LogP contribution in [0.4, 0.5) is 8.78 Å². The molecule has 3 heteroatoms. The molecular weight excluding hydrogens is 184 g/mol. The summed E-state index contributed by atoms with van der Waals surface area (Å²) in [6.07, 6.45) is 2.35. The van der Waals surface area contributed by atoms with E-state index in [9.17, 15) is 8.78 Å². The van der Waals surface area contributed by atoms with E-state index in [1.165, 1.54) is 0 Å². The fourth-order valence-corrected chi connectivity index (χ4v) is 3.02. The molecule has 0 aromatic rings. The van der Waals surface area contributed by atoms with E-state index in [0.29, 0.717) is 6.04 Å². The summed E-state index contributed by atoms with van der Waals surface area (Å²) in [5.74, 6) is -2.36. The minimum atomic E-state index is -2.36. The summed E-state index contributed by atoms with van der Waals surface area (Å²) in [4.78, 5) is 2.35. The van der Waals surface area contributed by atoms with E-state index >= 15 is 0 Å². The largest absolute Gasteiger partial charge is 0.300 e. The second kappa shape index (κ2) is 3.16. The maximum Gasteiger partial charge on any atom is 0.249 e. The lowest BCUT2D eigenvalue weighted by atomic mass is 9.62. The first kappa shape index (κ1) is 10.3. The first-order valence-corrected chi connectivity index (χ1v) is 5.54. The van der Waals surface area contributed by atoms with Crippen LogP contribution in [0.2, 0.25) is 0 Å². The molecule has 1 aliphatic carbocycles. The van der Waals surface area contributed by atoms with Crippen molar-refractivity contribution >= 4 is 0 Å². The third kappa shape index (κ3) is 1.79. The molecule has 2 rings (SSSR count). The second-order valence-electron chi connectivity index (χ2n) is 5.38. The standard InChI is InChI=1S/C11H19F2N/c1-9(2)14-5-3-4-10(8-14)6-11(12,13)7-10/h9H,3-8H2,1-2H3. The Bertz CT molecular complexity index is 217. The Balaban J connectivity index is 1.96. The molecule has 2 aliphatic rings. The summed E-state index contributed by atoms with van der Waals surface area (Å²) >= 11 is 0. The van der Waals surface area contributed by atoms with Gasteiger partial charge in [-0.25, -0.2) is 8.78 Å². The van der Waals surface area contributed by atoms with E-state index in [1.807, 2.05) is 0 Å². The Kier molecular flexibility index (Phi) is 2.33. The van der Waals surface area contributed by atoms with Gasteiger partial charge in [0, 0.05) is 25.4 Å². The summed E-state index contributed by atoms with van der Waals surface area (Å²) in [5.41, 5.74) is -0.0357. The van der Waals surface area contributed by atoms with Gasteiger partial charge in [0.2, 0.25) is 5.92 Å². The lowest BCUT2D eigenvalue weighted by molar-refractivity contribution is -0.182. The molecule has 0 N–H and O–H groups in total. The second-order valence-corrected chi connectivity index (χ2v) is 5.38. The number of hydrogen-bond donors (Lipinski definition) is 0. The van der Waals surface area contributed by atoms with Gasteiger partial charge in [0.05, 0.1) is 0 Å². The van der Waals surface area contributed by atoms with Crippen LogP contribution in [0.25, 0.3) is 0 Å². The fourth-order valence-electron chi connectivity index (χ4n) is 3.02. The van der Waals surface area contributed by atoms with Crippen LogP contribution in [-0.4, -0.2) is 30.0 Å². The van der Waals surface area contributed by atoms with Crippen molar-refractivity contribution < 1.29 is 8.78 Å². The predicted molar refractivity (Wildman–Crippen MR) is 52.6 cm³/mol. The van der Waals surface area contributed by atoms with Gasteiger partial charge in [-0.2, -0.15) is 0 Å². The highest BCUT2D eigenvalue weighted by atomic mass is 19.3. The number of rotatable bonds is 1. The van der Waals surface area contributed by atoms with E-state index in [4.69, 9.17) is 0 Å². The van der Waals surface area contributed by atoms with Gasteiger partial charge < -0.3 is 4.90 Å². The topological polar surface area (TPSA) is 3.24 Å². The highest BCUT2D eigenvalue weighted by Crippen LogP contribution is 2.56. The molecule has 0 radical (unpaired) electrons. The van der Waals surface area contributed by atoms with Crippen LogP contribution in [0.3, 0.4) is 0 Å². The third-order valence-electron chi connectivity index (χ3n) is 3.69. The zero-order valence-corrected chi connectivity index (χ0v) is 9.02. The summed E-state index contributed by atoms with van der Waals surface area (Å²) < 4.78 is 25.8. The lowest BCUT2D eigenvalue weighted by Gasteiger charge is -2.53. The van der Waals surface area contributed by atoms with Crippen molar-refractivity contribution in [3.63, 3.8) is 0 Å². The Hall–Kier alpha value is -0.180. The Morgan fingerprint density at radius 3 is 2.36 bits per heavy atom. The number of nitrogens with zero attached hydrogens (tertiary/aromatic N) is 1. The molecule has 0 aromatic heterocycles. The SMILES string of the molecule is CC(C)N1CCCC2(C1)CC(F)(F)C2. The molecule has 0 bridgehead atoms. The van der Waals surface area contributed by atoms with Crippen molar-refractivity contribution in [2.75, 3.05) is 13.1 Å². The Morgan fingerprint density at radius 1 is 1.21 bits per heavy atom. The number of likely N-dealkylation sites (tertiary alicyclic amines) is 1. The highest BCUT2D eigenvalue weighted by Gasteiger charge is 2.57. The monoisotopic (exact) mass is 203 g/mol. The van der Waals surface area contributed by atoms with Crippen molar-refractivity contribution in [3.8, 4) is 0 Å². The highest BCUT2D eigenvalue weighted by molar-refractivity contribution is 5.02. The molecule has 1 saturated carbocycles. The van der Waals surface area contributed by atoms with Crippen LogP contribution in [0.1, 0.15) is 39.5 Å². The van der Waals surface area contributed by atoms with Crippen molar-refractivity contribution in [1.82, 2.24) is 4.90 Å². The van der Waals surface area contributed by atoms with Crippen molar-refractivity contribution in [3.05, 3.63) is 0 Å². The van der Waals surface area contributed by atoms with Crippen LogP contribution in [0, 0.1) is 5.41 Å². The van der Waals surface area contributed by atoms with Gasteiger partial charge in [-0.05, 0) is 38.6 Å². The average Bonchev–Trinajstić information content (AvgIpc) is 2.00. The van der Waals surface area contributed by atoms with Crippen LogP contribution in [0.5, 0.6) is 0 Å². The first-order chi connectivity index (χ1) is 6.43. The maximum absolute atomic E-state index is 12.9. The third-order valence-corrected chi connectivity index (χ3v) is 3.69. The number of hydrogen-bond acceptors (Lipinski definition) is 1. The van der Waals surface area contributed by atoms with Crippen LogP contribution in [0.15, 0.2) is 0 Å². The summed E-state index contributed by atoms with van der Waals surface area (Å²) in [7, 11) is 0. The summed E-state index contributed by atoms with van der Waals surface area (Å²) in [6, 6.07) is 0.501. The minimum Gasteiger partial charge on any atom is -0.300 e. The van der Waals surface area contributed by atoms with Gasteiger partial charge in [-0.3, -0.25) is 0 Å². The van der Waals surface area contributed by atoms with Crippen molar-refractivity contribution in [2.24, 2.45) is 5.41 Å². The van der Waals surface area contributed by atoms with E-state index in [-0.39, 0.29) is 18.3 Å². The zero-order valence-electron chi connectivity index (χ0n) is 9.02. The quantitative estimate of drug-likeness (QED) is 0.633. The molecule has 0 atom stereocenters. The first-order valence-electron chi connectivity index (χ1n) is 5.54. The molecule has 0 unspecified atom stereocenters. The number of alkyl halides is 2. The van der Waals surface area contributed by atoms with Crippen molar-refractivity contribution in [2.45, 2.75) is 51.5 Å². The van der Waals surface area contributed by atoms with Crippen LogP contribution in [-0.2, 0) is 0 Å². The molecule has 0 aromatic carbocycles. The van der Waals surface area contributed by atoms with Crippen LogP contribution < -0.4 is 0 Å². The molecule has 1 spiro atoms. The van der Waals surface area contributed by atoms with Gasteiger partial charge in [-0.15, -0.1) is 0 Å². The maximum atomic E-state index is 12.9. The predicted octanol–water partition coefficient (Wildman–Crippen LogP) is 2.91. The van der Waals surface area contributed by atoms with Gasteiger partial charge in [0.15, 0.2) is 0 Å². The van der Waals surface area contributed by atoms with E-state index in [1.54, 1.807) is 0 Å². The van der Waals surface area contributed by atoms with Gasteiger partial charge >= 0.3 is 0 Å². The lowest BCUT2D eigenvalue weighted by Crippen LogP contribution is -2.56. The van der Waals surface area contributed by atoms with E-state index in [0.717, 1.165) is 25.9 Å². The smallest absolute Gasteiger partial charge is 0.249 e. The minimum absolute atomic E-state index is 0.0357. The molecule has 1 aliphatic heterocycles. The molecular formula is C11H19F2N. The summed E-state index contributed by atoms with van der Waals surface area (Å²) in [5, 5.41) is 0. The van der Waals surface area contributed by atoms with Gasteiger partial charge in [0.1, 0.15) is 0 Å². The molecule has 2 fully saturated rings. The van der Waals surface area contributed by atoms with E-state index in [2.05, 4.69) is 18.7 Å².